The number of carbonyl (C=O) groups is 2. The van der Waals surface area contributed by atoms with Crippen molar-refractivity contribution in [3.05, 3.63) is 29.8 Å². The van der Waals surface area contributed by atoms with E-state index in [1.165, 1.54) is 6.42 Å². The number of hydrogen-bond donors (Lipinski definition) is 0. The SMILES string of the molecule is CC1CCCCN1C(=O)c1ccc(N2CCCCC2=O)cc1. The Kier molecular flexibility index (Phi) is 4.46. The molecule has 2 aliphatic heterocycles. The zero-order valence-electron chi connectivity index (χ0n) is 13.3. The molecule has 2 aliphatic rings. The molecule has 0 aliphatic carbocycles. The summed E-state index contributed by atoms with van der Waals surface area (Å²) in [6.07, 6.45) is 6.06. The Hall–Kier alpha value is -1.84. The largest absolute Gasteiger partial charge is 0.336 e. The summed E-state index contributed by atoms with van der Waals surface area (Å²) >= 11 is 0. The molecule has 3 rings (SSSR count). The van der Waals surface area contributed by atoms with Crippen molar-refractivity contribution in [3.8, 4) is 0 Å². The van der Waals surface area contributed by atoms with Crippen LogP contribution in [-0.4, -0.2) is 35.8 Å². The molecule has 2 fully saturated rings. The maximum absolute atomic E-state index is 12.6. The molecule has 0 saturated carbocycles. The van der Waals surface area contributed by atoms with E-state index in [2.05, 4.69) is 6.92 Å². The van der Waals surface area contributed by atoms with E-state index < -0.39 is 0 Å². The maximum atomic E-state index is 12.6. The molecule has 0 bridgehead atoms. The molecule has 0 aromatic heterocycles. The Morgan fingerprint density at radius 1 is 1.05 bits per heavy atom. The number of benzene rings is 1. The van der Waals surface area contributed by atoms with Gasteiger partial charge in [-0.1, -0.05) is 0 Å². The third-order valence-electron chi connectivity index (χ3n) is 4.81. The number of anilines is 1. The van der Waals surface area contributed by atoms with Crippen LogP contribution < -0.4 is 4.90 Å². The standard InChI is InChI=1S/C18H24N2O2/c1-14-6-2-4-12-19(14)18(22)15-8-10-16(11-9-15)20-13-5-3-7-17(20)21/h8-11,14H,2-7,12-13H2,1H3. The molecule has 1 aromatic rings. The lowest BCUT2D eigenvalue weighted by Gasteiger charge is -2.33. The summed E-state index contributed by atoms with van der Waals surface area (Å²) in [4.78, 5) is 28.4. The Labute approximate surface area is 132 Å². The molecule has 4 nitrogen and oxygen atoms in total. The number of nitrogens with zero attached hydrogens (tertiary/aromatic N) is 2. The van der Waals surface area contributed by atoms with Crippen LogP contribution in [0.1, 0.15) is 55.8 Å². The maximum Gasteiger partial charge on any atom is 0.254 e. The molecule has 0 radical (unpaired) electrons. The van der Waals surface area contributed by atoms with Gasteiger partial charge in [0.25, 0.3) is 5.91 Å². The highest BCUT2D eigenvalue weighted by atomic mass is 16.2. The van der Waals surface area contributed by atoms with E-state index in [-0.39, 0.29) is 11.8 Å². The van der Waals surface area contributed by atoms with Crippen LogP contribution in [0.15, 0.2) is 24.3 Å². The second-order valence-corrected chi connectivity index (χ2v) is 6.39. The lowest BCUT2D eigenvalue weighted by atomic mass is 10.0. The van der Waals surface area contributed by atoms with E-state index in [0.717, 1.165) is 50.0 Å². The lowest BCUT2D eigenvalue weighted by molar-refractivity contribution is -0.119. The van der Waals surface area contributed by atoms with Gasteiger partial charge in [0.15, 0.2) is 0 Å². The van der Waals surface area contributed by atoms with Gasteiger partial charge in [-0.25, -0.2) is 0 Å². The van der Waals surface area contributed by atoms with Crippen LogP contribution in [0.2, 0.25) is 0 Å². The Morgan fingerprint density at radius 2 is 1.77 bits per heavy atom. The number of hydrogen-bond acceptors (Lipinski definition) is 2. The van der Waals surface area contributed by atoms with E-state index >= 15 is 0 Å². The van der Waals surface area contributed by atoms with Crippen molar-refractivity contribution in [2.45, 2.75) is 51.5 Å². The van der Waals surface area contributed by atoms with Crippen LogP contribution in [0.4, 0.5) is 5.69 Å². The van der Waals surface area contributed by atoms with Gasteiger partial charge in [-0.3, -0.25) is 9.59 Å². The molecule has 1 unspecified atom stereocenters. The van der Waals surface area contributed by atoms with E-state index in [1.54, 1.807) is 0 Å². The van der Waals surface area contributed by atoms with E-state index in [9.17, 15) is 9.59 Å². The van der Waals surface area contributed by atoms with Gasteiger partial charge in [0.05, 0.1) is 0 Å². The number of rotatable bonds is 2. The van der Waals surface area contributed by atoms with Crippen LogP contribution in [0.5, 0.6) is 0 Å². The fraction of sp³-hybridized carbons (Fsp3) is 0.556. The summed E-state index contributed by atoms with van der Waals surface area (Å²) in [5.74, 6) is 0.304. The lowest BCUT2D eigenvalue weighted by Crippen LogP contribution is -2.42. The average Bonchev–Trinajstić information content (AvgIpc) is 2.55. The second-order valence-electron chi connectivity index (χ2n) is 6.39. The van der Waals surface area contributed by atoms with Crippen molar-refractivity contribution in [2.75, 3.05) is 18.0 Å². The molecule has 4 heteroatoms. The third-order valence-corrected chi connectivity index (χ3v) is 4.81. The molecule has 1 aromatic carbocycles. The van der Waals surface area contributed by atoms with Crippen LogP contribution in [0, 0.1) is 0 Å². The zero-order valence-corrected chi connectivity index (χ0v) is 13.3. The predicted molar refractivity (Wildman–Crippen MR) is 87.0 cm³/mol. The monoisotopic (exact) mass is 300 g/mol. The average molecular weight is 300 g/mol. The molecule has 22 heavy (non-hydrogen) atoms. The summed E-state index contributed by atoms with van der Waals surface area (Å²) in [5, 5.41) is 0. The van der Waals surface area contributed by atoms with Gasteiger partial charge in [-0.05, 0) is 63.3 Å². The molecule has 2 amide bonds. The summed E-state index contributed by atoms with van der Waals surface area (Å²) in [6.45, 7) is 3.76. The first kappa shape index (κ1) is 15.1. The first-order chi connectivity index (χ1) is 10.7. The topological polar surface area (TPSA) is 40.6 Å². The van der Waals surface area contributed by atoms with E-state index in [4.69, 9.17) is 0 Å². The Bertz CT molecular complexity index is 553. The van der Waals surface area contributed by atoms with E-state index in [1.807, 2.05) is 34.1 Å². The predicted octanol–water partition coefficient (Wildman–Crippen LogP) is 3.22. The molecule has 0 spiro atoms. The molecule has 0 N–H and O–H groups in total. The van der Waals surface area contributed by atoms with Crippen molar-refractivity contribution >= 4 is 17.5 Å². The number of carbonyl (C=O) groups excluding carboxylic acids is 2. The number of amides is 2. The van der Waals surface area contributed by atoms with Gasteiger partial charge in [0.2, 0.25) is 5.91 Å². The Balaban J connectivity index is 1.73. The summed E-state index contributed by atoms with van der Waals surface area (Å²) in [5.41, 5.74) is 1.63. The second kappa shape index (κ2) is 6.51. The fourth-order valence-electron chi connectivity index (χ4n) is 3.43. The highest BCUT2D eigenvalue weighted by molar-refractivity contribution is 5.97. The van der Waals surface area contributed by atoms with Crippen molar-refractivity contribution in [2.24, 2.45) is 0 Å². The van der Waals surface area contributed by atoms with Gasteiger partial charge < -0.3 is 9.80 Å². The quantitative estimate of drug-likeness (QED) is 0.841. The third kappa shape index (κ3) is 3.01. The first-order valence-electron chi connectivity index (χ1n) is 8.38. The van der Waals surface area contributed by atoms with Crippen LogP contribution in [0.25, 0.3) is 0 Å². The summed E-state index contributed by atoms with van der Waals surface area (Å²) < 4.78 is 0. The number of piperidine rings is 2. The van der Waals surface area contributed by atoms with E-state index in [0.29, 0.717) is 12.5 Å². The van der Waals surface area contributed by atoms with Gasteiger partial charge in [-0.15, -0.1) is 0 Å². The summed E-state index contributed by atoms with van der Waals surface area (Å²) in [6, 6.07) is 7.86. The minimum atomic E-state index is 0.115. The van der Waals surface area contributed by atoms with Gasteiger partial charge in [0, 0.05) is 36.8 Å². The minimum absolute atomic E-state index is 0.115. The molecular formula is C18H24N2O2. The van der Waals surface area contributed by atoms with Gasteiger partial charge in [-0.2, -0.15) is 0 Å². The zero-order chi connectivity index (χ0) is 15.5. The van der Waals surface area contributed by atoms with Crippen molar-refractivity contribution in [3.63, 3.8) is 0 Å². The molecule has 2 heterocycles. The molecular weight excluding hydrogens is 276 g/mol. The fourth-order valence-corrected chi connectivity index (χ4v) is 3.43. The van der Waals surface area contributed by atoms with Crippen molar-refractivity contribution in [1.29, 1.82) is 0 Å². The van der Waals surface area contributed by atoms with Crippen LogP contribution in [0.3, 0.4) is 0 Å². The van der Waals surface area contributed by atoms with Crippen LogP contribution in [-0.2, 0) is 4.79 Å². The normalized spacial score (nSPS) is 22.8. The molecule has 2 saturated heterocycles. The smallest absolute Gasteiger partial charge is 0.254 e. The minimum Gasteiger partial charge on any atom is -0.336 e. The molecule has 118 valence electrons. The first-order valence-corrected chi connectivity index (χ1v) is 8.38. The van der Waals surface area contributed by atoms with Crippen molar-refractivity contribution < 1.29 is 9.59 Å². The Morgan fingerprint density at radius 3 is 2.45 bits per heavy atom. The highest BCUT2D eigenvalue weighted by Crippen LogP contribution is 2.23. The summed E-state index contributed by atoms with van der Waals surface area (Å²) in [7, 11) is 0. The van der Waals surface area contributed by atoms with Crippen molar-refractivity contribution in [1.82, 2.24) is 4.90 Å². The number of likely N-dealkylation sites (tertiary alicyclic amines) is 1. The van der Waals surface area contributed by atoms with Crippen LogP contribution >= 0.6 is 0 Å². The van der Waals surface area contributed by atoms with Gasteiger partial charge >= 0.3 is 0 Å². The molecule has 1 atom stereocenters. The van der Waals surface area contributed by atoms with Gasteiger partial charge in [0.1, 0.15) is 0 Å². The highest BCUT2D eigenvalue weighted by Gasteiger charge is 2.25.